The second-order valence-corrected chi connectivity index (χ2v) is 5.51. The molecule has 0 aliphatic carbocycles. The van der Waals surface area contributed by atoms with Crippen LogP contribution in [0.5, 0.6) is 0 Å². The number of rotatable bonds is 2. The van der Waals surface area contributed by atoms with Crippen LogP contribution in [0.4, 0.5) is 5.69 Å². The van der Waals surface area contributed by atoms with Gasteiger partial charge in [0.25, 0.3) is 0 Å². The van der Waals surface area contributed by atoms with Gasteiger partial charge in [-0.05, 0) is 23.8 Å². The lowest BCUT2D eigenvalue weighted by atomic mass is 10.0. The lowest BCUT2D eigenvalue weighted by Crippen LogP contribution is -2.46. The van der Waals surface area contributed by atoms with E-state index in [0.717, 1.165) is 25.3 Å². The van der Waals surface area contributed by atoms with E-state index in [1.807, 2.05) is 18.2 Å². The van der Waals surface area contributed by atoms with Crippen molar-refractivity contribution < 1.29 is 0 Å². The SMILES string of the molecule is N#Cc1ccc(N2CCNCC2c2ccccc2)c(Cl)c1. The van der Waals surface area contributed by atoms with Crippen molar-refractivity contribution in [2.75, 3.05) is 24.5 Å². The van der Waals surface area contributed by atoms with E-state index in [4.69, 9.17) is 16.9 Å². The molecule has 0 saturated carbocycles. The molecule has 1 unspecified atom stereocenters. The maximum absolute atomic E-state index is 8.96. The molecule has 1 saturated heterocycles. The summed E-state index contributed by atoms with van der Waals surface area (Å²) in [7, 11) is 0. The van der Waals surface area contributed by atoms with E-state index in [2.05, 4.69) is 40.6 Å². The van der Waals surface area contributed by atoms with Crippen LogP contribution in [0, 0.1) is 11.3 Å². The molecule has 1 aliphatic heterocycles. The highest BCUT2D eigenvalue weighted by Crippen LogP contribution is 2.34. The molecule has 1 fully saturated rings. The van der Waals surface area contributed by atoms with Gasteiger partial charge in [-0.1, -0.05) is 41.9 Å². The van der Waals surface area contributed by atoms with Gasteiger partial charge in [0.15, 0.2) is 0 Å². The van der Waals surface area contributed by atoms with Gasteiger partial charge in [0.1, 0.15) is 0 Å². The van der Waals surface area contributed by atoms with E-state index in [0.29, 0.717) is 10.6 Å². The quantitative estimate of drug-likeness (QED) is 0.924. The van der Waals surface area contributed by atoms with Gasteiger partial charge in [-0.15, -0.1) is 0 Å². The van der Waals surface area contributed by atoms with Crippen molar-refractivity contribution in [3.63, 3.8) is 0 Å². The van der Waals surface area contributed by atoms with Crippen molar-refractivity contribution in [3.05, 3.63) is 64.7 Å². The van der Waals surface area contributed by atoms with Gasteiger partial charge < -0.3 is 10.2 Å². The fourth-order valence-corrected chi connectivity index (χ4v) is 3.06. The molecule has 1 aliphatic rings. The highest BCUT2D eigenvalue weighted by Gasteiger charge is 2.25. The van der Waals surface area contributed by atoms with Crippen molar-refractivity contribution in [3.8, 4) is 6.07 Å². The summed E-state index contributed by atoms with van der Waals surface area (Å²) in [5, 5.41) is 13.0. The van der Waals surface area contributed by atoms with E-state index in [1.165, 1.54) is 5.56 Å². The Morgan fingerprint density at radius 3 is 2.71 bits per heavy atom. The first-order valence-electron chi connectivity index (χ1n) is 7.01. The van der Waals surface area contributed by atoms with Crippen LogP contribution in [0.25, 0.3) is 0 Å². The average Bonchev–Trinajstić information content (AvgIpc) is 2.55. The minimum atomic E-state index is 0.255. The summed E-state index contributed by atoms with van der Waals surface area (Å²) in [6, 6.07) is 18.3. The minimum absolute atomic E-state index is 0.255. The fraction of sp³-hybridized carbons (Fsp3) is 0.235. The number of nitrogens with one attached hydrogen (secondary N) is 1. The molecule has 4 heteroatoms. The van der Waals surface area contributed by atoms with Gasteiger partial charge in [0.05, 0.1) is 28.4 Å². The lowest BCUT2D eigenvalue weighted by molar-refractivity contribution is 0.490. The Balaban J connectivity index is 1.97. The summed E-state index contributed by atoms with van der Waals surface area (Å²) >= 11 is 6.38. The molecule has 0 spiro atoms. The predicted octanol–water partition coefficient (Wildman–Crippen LogP) is 3.36. The van der Waals surface area contributed by atoms with Gasteiger partial charge in [0.2, 0.25) is 0 Å². The van der Waals surface area contributed by atoms with Crippen LogP contribution < -0.4 is 10.2 Å². The highest BCUT2D eigenvalue weighted by molar-refractivity contribution is 6.33. The van der Waals surface area contributed by atoms with Crippen LogP contribution >= 0.6 is 11.6 Å². The lowest BCUT2D eigenvalue weighted by Gasteiger charge is -2.38. The Morgan fingerprint density at radius 2 is 2.00 bits per heavy atom. The molecule has 21 heavy (non-hydrogen) atoms. The second-order valence-electron chi connectivity index (χ2n) is 5.10. The van der Waals surface area contributed by atoms with Crippen LogP contribution in [0.15, 0.2) is 48.5 Å². The molecule has 106 valence electrons. The molecule has 1 N–H and O–H groups in total. The largest absolute Gasteiger partial charge is 0.361 e. The summed E-state index contributed by atoms with van der Waals surface area (Å²) in [5.41, 5.74) is 2.85. The smallest absolute Gasteiger partial charge is 0.0992 e. The zero-order valence-electron chi connectivity index (χ0n) is 11.6. The average molecular weight is 298 g/mol. The van der Waals surface area contributed by atoms with Crippen LogP contribution in [-0.4, -0.2) is 19.6 Å². The second kappa shape index (κ2) is 6.17. The van der Waals surface area contributed by atoms with Crippen LogP contribution in [0.3, 0.4) is 0 Å². The monoisotopic (exact) mass is 297 g/mol. The van der Waals surface area contributed by atoms with E-state index < -0.39 is 0 Å². The predicted molar refractivity (Wildman–Crippen MR) is 85.6 cm³/mol. The molecule has 0 aromatic heterocycles. The molecular weight excluding hydrogens is 282 g/mol. The van der Waals surface area contributed by atoms with Crippen molar-refractivity contribution in [2.45, 2.75) is 6.04 Å². The zero-order chi connectivity index (χ0) is 14.7. The maximum atomic E-state index is 8.96. The van der Waals surface area contributed by atoms with Gasteiger partial charge in [-0.3, -0.25) is 0 Å². The summed E-state index contributed by atoms with van der Waals surface area (Å²) in [6.07, 6.45) is 0. The number of hydrogen-bond acceptors (Lipinski definition) is 3. The number of hydrogen-bond donors (Lipinski definition) is 1. The van der Waals surface area contributed by atoms with E-state index in [-0.39, 0.29) is 6.04 Å². The number of piperazine rings is 1. The summed E-state index contributed by atoms with van der Waals surface area (Å²) in [6.45, 7) is 2.71. The number of nitriles is 1. The third kappa shape index (κ3) is 2.87. The summed E-state index contributed by atoms with van der Waals surface area (Å²) in [4.78, 5) is 2.31. The summed E-state index contributed by atoms with van der Waals surface area (Å²) in [5.74, 6) is 0. The van der Waals surface area contributed by atoms with Crippen molar-refractivity contribution in [1.29, 1.82) is 5.26 Å². The molecule has 1 heterocycles. The molecular formula is C17H16ClN3. The first-order valence-corrected chi connectivity index (χ1v) is 7.39. The Morgan fingerprint density at radius 1 is 1.19 bits per heavy atom. The third-order valence-electron chi connectivity index (χ3n) is 3.81. The Kier molecular flexibility index (Phi) is 4.10. The van der Waals surface area contributed by atoms with Crippen LogP contribution in [0.2, 0.25) is 5.02 Å². The number of nitrogens with zero attached hydrogens (tertiary/aromatic N) is 2. The van der Waals surface area contributed by atoms with E-state index in [1.54, 1.807) is 6.07 Å². The van der Waals surface area contributed by atoms with Crippen molar-refractivity contribution in [2.24, 2.45) is 0 Å². The zero-order valence-corrected chi connectivity index (χ0v) is 12.3. The number of anilines is 1. The highest BCUT2D eigenvalue weighted by atomic mass is 35.5. The number of halogens is 1. The van der Waals surface area contributed by atoms with Crippen molar-refractivity contribution >= 4 is 17.3 Å². The first-order chi connectivity index (χ1) is 10.3. The first kappa shape index (κ1) is 13.9. The molecule has 3 rings (SSSR count). The molecule has 0 radical (unpaired) electrons. The topological polar surface area (TPSA) is 39.1 Å². The van der Waals surface area contributed by atoms with Crippen molar-refractivity contribution in [1.82, 2.24) is 5.32 Å². The molecule has 0 bridgehead atoms. The van der Waals surface area contributed by atoms with Gasteiger partial charge in [-0.25, -0.2) is 0 Å². The standard InChI is InChI=1S/C17H16ClN3/c18-15-10-13(11-19)6-7-16(15)21-9-8-20-12-17(21)14-4-2-1-3-5-14/h1-7,10,17,20H,8-9,12H2. The fourth-order valence-electron chi connectivity index (χ4n) is 2.78. The third-order valence-corrected chi connectivity index (χ3v) is 4.12. The minimum Gasteiger partial charge on any atom is -0.361 e. The Hall–Kier alpha value is -2.02. The van der Waals surface area contributed by atoms with Gasteiger partial charge in [0, 0.05) is 19.6 Å². The normalized spacial score (nSPS) is 18.3. The van der Waals surface area contributed by atoms with E-state index in [9.17, 15) is 0 Å². The molecule has 3 nitrogen and oxygen atoms in total. The van der Waals surface area contributed by atoms with E-state index >= 15 is 0 Å². The van der Waals surface area contributed by atoms with Crippen LogP contribution in [0.1, 0.15) is 17.2 Å². The molecule has 2 aromatic carbocycles. The molecule has 2 aromatic rings. The summed E-state index contributed by atoms with van der Waals surface area (Å²) < 4.78 is 0. The molecule has 0 amide bonds. The number of benzene rings is 2. The van der Waals surface area contributed by atoms with Crippen LogP contribution in [-0.2, 0) is 0 Å². The van der Waals surface area contributed by atoms with Gasteiger partial charge >= 0.3 is 0 Å². The maximum Gasteiger partial charge on any atom is 0.0992 e. The Bertz CT molecular complexity index is 663. The molecule has 1 atom stereocenters. The van der Waals surface area contributed by atoms with Gasteiger partial charge in [-0.2, -0.15) is 5.26 Å². The Labute approximate surface area is 129 Å².